The summed E-state index contributed by atoms with van der Waals surface area (Å²) < 4.78 is 1.96. The van der Waals surface area contributed by atoms with Gasteiger partial charge in [0.15, 0.2) is 0 Å². The van der Waals surface area contributed by atoms with Gasteiger partial charge in [-0.25, -0.2) is 0 Å². The van der Waals surface area contributed by atoms with E-state index in [0.29, 0.717) is 38.2 Å². The third-order valence-electron chi connectivity index (χ3n) is 5.25. The Labute approximate surface area is 170 Å². The van der Waals surface area contributed by atoms with E-state index >= 15 is 0 Å². The van der Waals surface area contributed by atoms with Crippen molar-refractivity contribution in [2.45, 2.75) is 32.0 Å². The number of aryl methyl sites for hydroxylation is 1. The van der Waals surface area contributed by atoms with Crippen LogP contribution in [0.2, 0.25) is 0 Å². The number of hydrogen-bond acceptors (Lipinski definition) is 3. The van der Waals surface area contributed by atoms with E-state index in [1.165, 1.54) is 0 Å². The Hall–Kier alpha value is -3.41. The molecule has 0 radical (unpaired) electrons. The zero-order valence-electron chi connectivity index (χ0n) is 16.2. The second kappa shape index (κ2) is 8.73. The molecule has 3 heterocycles. The molecule has 2 amide bonds. The molecule has 6 nitrogen and oxygen atoms in total. The summed E-state index contributed by atoms with van der Waals surface area (Å²) in [6.45, 7) is 1.56. The van der Waals surface area contributed by atoms with E-state index in [0.717, 1.165) is 11.1 Å². The minimum absolute atomic E-state index is 0.000864. The molecule has 3 aromatic rings. The van der Waals surface area contributed by atoms with Crippen LogP contribution < -0.4 is 5.32 Å². The van der Waals surface area contributed by atoms with Crippen molar-refractivity contribution in [3.8, 4) is 0 Å². The van der Waals surface area contributed by atoms with E-state index < -0.39 is 0 Å². The van der Waals surface area contributed by atoms with Crippen molar-refractivity contribution >= 4 is 11.8 Å². The van der Waals surface area contributed by atoms with Crippen molar-refractivity contribution < 1.29 is 9.59 Å². The number of hydrogen-bond donors (Lipinski definition) is 1. The van der Waals surface area contributed by atoms with Crippen LogP contribution in [-0.2, 0) is 24.3 Å². The summed E-state index contributed by atoms with van der Waals surface area (Å²) >= 11 is 0. The highest BCUT2D eigenvalue weighted by molar-refractivity contribution is 5.93. The molecular formula is C23H24N4O2. The van der Waals surface area contributed by atoms with Gasteiger partial charge in [-0.2, -0.15) is 0 Å². The summed E-state index contributed by atoms with van der Waals surface area (Å²) in [6.07, 6.45) is 6.55. The average Bonchev–Trinajstić information content (AvgIpc) is 3.23. The third kappa shape index (κ3) is 4.54. The second-order valence-corrected chi connectivity index (χ2v) is 7.28. The smallest absolute Gasteiger partial charge is 0.271 e. The standard InChI is InChI=1S/C23H24N4O2/c28-22(11-10-18-6-2-1-3-7-18)25-15-20-17-26-13-5-9-21(26)23(29)27(20)16-19-8-4-12-24-14-19/h1-9,12-14,20H,10-11,15-17H2,(H,25,28). The lowest BCUT2D eigenvalue weighted by atomic mass is 10.1. The molecule has 1 aliphatic heterocycles. The first-order valence-electron chi connectivity index (χ1n) is 9.86. The molecule has 0 bridgehead atoms. The first-order valence-corrected chi connectivity index (χ1v) is 9.86. The number of benzene rings is 1. The molecule has 0 saturated heterocycles. The van der Waals surface area contributed by atoms with Crippen LogP contribution in [0.3, 0.4) is 0 Å². The van der Waals surface area contributed by atoms with Crippen molar-refractivity contribution in [1.29, 1.82) is 0 Å². The van der Waals surface area contributed by atoms with Gasteiger partial charge >= 0.3 is 0 Å². The van der Waals surface area contributed by atoms with Gasteiger partial charge in [-0.3, -0.25) is 14.6 Å². The van der Waals surface area contributed by atoms with Gasteiger partial charge < -0.3 is 14.8 Å². The van der Waals surface area contributed by atoms with E-state index in [1.54, 1.807) is 12.4 Å². The predicted octanol–water partition coefficient (Wildman–Crippen LogP) is 2.66. The van der Waals surface area contributed by atoms with E-state index in [2.05, 4.69) is 10.3 Å². The molecule has 1 aromatic carbocycles. The van der Waals surface area contributed by atoms with Gasteiger partial charge in [0.05, 0.1) is 6.04 Å². The molecule has 0 aliphatic carbocycles. The molecule has 0 saturated carbocycles. The molecule has 1 atom stereocenters. The van der Waals surface area contributed by atoms with Crippen LogP contribution >= 0.6 is 0 Å². The van der Waals surface area contributed by atoms with Crippen LogP contribution in [0.15, 0.2) is 73.2 Å². The van der Waals surface area contributed by atoms with Gasteiger partial charge in [0.25, 0.3) is 5.91 Å². The van der Waals surface area contributed by atoms with Crippen LogP contribution in [0.1, 0.15) is 28.0 Å². The number of pyridine rings is 1. The number of amides is 2. The highest BCUT2D eigenvalue weighted by Gasteiger charge is 2.32. The van der Waals surface area contributed by atoms with Crippen molar-refractivity contribution in [1.82, 2.24) is 19.8 Å². The molecule has 29 heavy (non-hydrogen) atoms. The highest BCUT2D eigenvalue weighted by atomic mass is 16.2. The summed E-state index contributed by atoms with van der Waals surface area (Å²) in [5.74, 6) is -0.0189. The SMILES string of the molecule is O=C(CCc1ccccc1)NCC1Cn2cccc2C(=O)N1Cc1cccnc1. The summed E-state index contributed by atoms with van der Waals surface area (Å²) in [4.78, 5) is 31.4. The Morgan fingerprint density at radius 1 is 1.07 bits per heavy atom. The second-order valence-electron chi connectivity index (χ2n) is 7.28. The molecule has 148 valence electrons. The monoisotopic (exact) mass is 388 g/mol. The van der Waals surface area contributed by atoms with Gasteiger partial charge in [0, 0.05) is 44.6 Å². The third-order valence-corrected chi connectivity index (χ3v) is 5.25. The minimum atomic E-state index is -0.108. The Morgan fingerprint density at radius 3 is 2.69 bits per heavy atom. The van der Waals surface area contributed by atoms with E-state index in [9.17, 15) is 9.59 Å². The maximum atomic E-state index is 13.0. The quantitative estimate of drug-likeness (QED) is 0.677. The topological polar surface area (TPSA) is 67.2 Å². The molecule has 1 aliphatic rings. The van der Waals surface area contributed by atoms with Gasteiger partial charge in [0.1, 0.15) is 5.69 Å². The Morgan fingerprint density at radius 2 is 1.90 bits per heavy atom. The summed E-state index contributed by atoms with van der Waals surface area (Å²) in [5.41, 5.74) is 2.80. The Bertz CT molecular complexity index is 969. The number of fused-ring (bicyclic) bond motifs is 1. The number of carbonyl (C=O) groups excluding carboxylic acids is 2. The molecule has 6 heteroatoms. The zero-order valence-corrected chi connectivity index (χ0v) is 16.2. The molecule has 0 fully saturated rings. The first-order chi connectivity index (χ1) is 14.2. The number of carbonyl (C=O) groups is 2. The predicted molar refractivity (Wildman–Crippen MR) is 110 cm³/mol. The number of aromatic nitrogens is 2. The molecular weight excluding hydrogens is 364 g/mol. The lowest BCUT2D eigenvalue weighted by molar-refractivity contribution is -0.121. The number of rotatable bonds is 7. The van der Waals surface area contributed by atoms with Gasteiger partial charge in [-0.15, -0.1) is 0 Å². The maximum Gasteiger partial charge on any atom is 0.271 e. The van der Waals surface area contributed by atoms with E-state index in [-0.39, 0.29) is 17.9 Å². The Balaban J connectivity index is 1.41. The van der Waals surface area contributed by atoms with Crippen LogP contribution in [0.5, 0.6) is 0 Å². The maximum absolute atomic E-state index is 13.0. The molecule has 1 unspecified atom stereocenters. The summed E-state index contributed by atoms with van der Waals surface area (Å²) in [5, 5.41) is 3.02. The van der Waals surface area contributed by atoms with E-state index in [4.69, 9.17) is 0 Å². The lowest BCUT2D eigenvalue weighted by Gasteiger charge is -2.36. The molecule has 1 N–H and O–H groups in total. The van der Waals surface area contributed by atoms with Gasteiger partial charge in [0.2, 0.25) is 5.91 Å². The number of nitrogens with zero attached hydrogens (tertiary/aromatic N) is 3. The fourth-order valence-corrected chi connectivity index (χ4v) is 3.69. The Kier molecular flexibility index (Phi) is 5.70. The average molecular weight is 388 g/mol. The normalized spacial score (nSPS) is 15.8. The van der Waals surface area contributed by atoms with Crippen LogP contribution in [0, 0.1) is 0 Å². The molecule has 0 spiro atoms. The molecule has 2 aromatic heterocycles. The van der Waals surface area contributed by atoms with Crippen LogP contribution in [0.25, 0.3) is 0 Å². The van der Waals surface area contributed by atoms with E-state index in [1.807, 2.05) is 70.3 Å². The van der Waals surface area contributed by atoms with Crippen molar-refractivity contribution in [3.63, 3.8) is 0 Å². The van der Waals surface area contributed by atoms with Crippen molar-refractivity contribution in [3.05, 3.63) is 90.0 Å². The van der Waals surface area contributed by atoms with Gasteiger partial charge in [-0.05, 0) is 35.7 Å². The zero-order chi connectivity index (χ0) is 20.1. The molecule has 4 rings (SSSR count). The fraction of sp³-hybridized carbons (Fsp3) is 0.261. The lowest BCUT2D eigenvalue weighted by Crippen LogP contribution is -2.52. The first kappa shape index (κ1) is 18.9. The van der Waals surface area contributed by atoms with Crippen LogP contribution in [0.4, 0.5) is 0 Å². The largest absolute Gasteiger partial charge is 0.354 e. The van der Waals surface area contributed by atoms with Crippen LogP contribution in [-0.4, -0.2) is 38.9 Å². The van der Waals surface area contributed by atoms with Gasteiger partial charge in [-0.1, -0.05) is 36.4 Å². The van der Waals surface area contributed by atoms with Crippen molar-refractivity contribution in [2.24, 2.45) is 0 Å². The summed E-state index contributed by atoms with van der Waals surface area (Å²) in [6, 6.07) is 17.4. The fourth-order valence-electron chi connectivity index (χ4n) is 3.69. The minimum Gasteiger partial charge on any atom is -0.354 e. The van der Waals surface area contributed by atoms with Crippen molar-refractivity contribution in [2.75, 3.05) is 6.54 Å². The highest BCUT2D eigenvalue weighted by Crippen LogP contribution is 2.20. The summed E-state index contributed by atoms with van der Waals surface area (Å²) in [7, 11) is 0. The number of nitrogens with one attached hydrogen (secondary N) is 1.